The summed E-state index contributed by atoms with van der Waals surface area (Å²) in [6, 6.07) is 19.1. The number of methoxy groups -OCH3 is 2. The molecule has 1 aromatic heterocycles. The van der Waals surface area contributed by atoms with Gasteiger partial charge in [-0.15, -0.1) is 5.10 Å². The molecule has 0 fully saturated rings. The van der Waals surface area contributed by atoms with Gasteiger partial charge in [0.15, 0.2) is 5.82 Å². The monoisotopic (exact) mass is 457 g/mol. The summed E-state index contributed by atoms with van der Waals surface area (Å²) in [6.45, 7) is 4.69. The molecular weight excluding hydrogens is 429 g/mol. The summed E-state index contributed by atoms with van der Waals surface area (Å²) in [5.41, 5.74) is 4.19. The largest absolute Gasteiger partial charge is 0.497 e. The predicted molar refractivity (Wildman–Crippen MR) is 136 cm³/mol. The van der Waals surface area contributed by atoms with E-state index in [0.717, 1.165) is 44.7 Å². The lowest BCUT2D eigenvalue weighted by atomic mass is 9.79. The Morgan fingerprint density at radius 2 is 1.68 bits per heavy atom. The van der Waals surface area contributed by atoms with E-state index in [1.54, 1.807) is 26.4 Å². The molecule has 7 nitrogen and oxygen atoms in total. The second kappa shape index (κ2) is 10.1. The number of aromatic nitrogens is 2. The van der Waals surface area contributed by atoms with Crippen molar-refractivity contribution in [1.82, 2.24) is 10.2 Å². The molecule has 0 saturated heterocycles. The van der Waals surface area contributed by atoms with E-state index < -0.39 is 7.12 Å². The van der Waals surface area contributed by atoms with Gasteiger partial charge in [0.25, 0.3) is 0 Å². The molecule has 1 heterocycles. The fourth-order valence-electron chi connectivity index (χ4n) is 3.97. The molecule has 0 aliphatic heterocycles. The third kappa shape index (κ3) is 4.83. The first-order valence-corrected chi connectivity index (χ1v) is 11.1. The summed E-state index contributed by atoms with van der Waals surface area (Å²) < 4.78 is 10.8. The Bertz CT molecular complexity index is 1310. The van der Waals surface area contributed by atoms with Crippen molar-refractivity contribution in [1.29, 1.82) is 0 Å². The summed E-state index contributed by atoms with van der Waals surface area (Å²) in [4.78, 5) is 0. The van der Waals surface area contributed by atoms with E-state index in [1.165, 1.54) is 0 Å². The molecule has 0 radical (unpaired) electrons. The van der Waals surface area contributed by atoms with Crippen LogP contribution < -0.4 is 20.3 Å². The number of hydrogen-bond donors (Lipinski definition) is 3. The van der Waals surface area contributed by atoms with Crippen LogP contribution in [0.4, 0.5) is 5.82 Å². The number of fused-ring (bicyclic) bond motifs is 1. The van der Waals surface area contributed by atoms with Gasteiger partial charge in [-0.05, 0) is 46.8 Å². The molecule has 3 N–H and O–H groups in total. The van der Waals surface area contributed by atoms with Gasteiger partial charge < -0.3 is 24.8 Å². The number of benzene rings is 3. The smallest absolute Gasteiger partial charge is 0.488 e. The number of nitrogens with zero attached hydrogens (tertiary/aromatic N) is 2. The lowest BCUT2D eigenvalue weighted by Gasteiger charge is -2.15. The summed E-state index contributed by atoms with van der Waals surface area (Å²) in [5, 5.41) is 33.5. The van der Waals surface area contributed by atoms with Gasteiger partial charge in [0.05, 0.1) is 19.9 Å². The highest BCUT2D eigenvalue weighted by molar-refractivity contribution is 6.58. The summed E-state index contributed by atoms with van der Waals surface area (Å²) in [5.74, 6) is 2.34. The molecule has 0 unspecified atom stereocenters. The number of hydrogen-bond acceptors (Lipinski definition) is 7. The Kier molecular flexibility index (Phi) is 7.00. The van der Waals surface area contributed by atoms with Crippen molar-refractivity contribution in [3.63, 3.8) is 0 Å². The second-order valence-electron chi connectivity index (χ2n) is 8.38. The molecule has 34 heavy (non-hydrogen) atoms. The minimum Gasteiger partial charge on any atom is -0.497 e. The average Bonchev–Trinajstić information content (AvgIpc) is 2.86. The van der Waals surface area contributed by atoms with Crippen LogP contribution in [0.3, 0.4) is 0 Å². The molecule has 3 aromatic carbocycles. The zero-order valence-electron chi connectivity index (χ0n) is 19.7. The maximum atomic E-state index is 9.55. The number of rotatable bonds is 8. The molecule has 4 aromatic rings. The van der Waals surface area contributed by atoms with E-state index in [4.69, 9.17) is 9.47 Å². The molecule has 0 bridgehead atoms. The first kappa shape index (κ1) is 23.5. The number of anilines is 1. The van der Waals surface area contributed by atoms with Gasteiger partial charge in [0.2, 0.25) is 0 Å². The number of ether oxygens (including phenoxy) is 2. The highest BCUT2D eigenvalue weighted by Crippen LogP contribution is 2.32. The van der Waals surface area contributed by atoms with Gasteiger partial charge in [-0.2, -0.15) is 5.10 Å². The van der Waals surface area contributed by atoms with Gasteiger partial charge in [0.1, 0.15) is 11.5 Å². The van der Waals surface area contributed by atoms with E-state index in [9.17, 15) is 10.0 Å². The number of nitrogens with one attached hydrogen (secondary N) is 1. The first-order valence-electron chi connectivity index (χ1n) is 11.1. The Labute approximate surface area is 199 Å². The van der Waals surface area contributed by atoms with Crippen LogP contribution in [0.15, 0.2) is 60.7 Å². The van der Waals surface area contributed by atoms with Crippen LogP contribution in [0, 0.1) is 0 Å². The van der Waals surface area contributed by atoms with E-state index in [2.05, 4.69) is 35.4 Å². The normalized spacial score (nSPS) is 11.0. The van der Waals surface area contributed by atoms with Crippen LogP contribution >= 0.6 is 0 Å². The van der Waals surface area contributed by atoms with Gasteiger partial charge in [-0.25, -0.2) is 0 Å². The van der Waals surface area contributed by atoms with Crippen LogP contribution in [0.2, 0.25) is 0 Å². The molecule has 0 atom stereocenters. The lowest BCUT2D eigenvalue weighted by molar-refractivity contribution is 0.391. The topological polar surface area (TPSA) is 96.7 Å². The molecule has 0 aliphatic rings. The molecule has 4 rings (SSSR count). The van der Waals surface area contributed by atoms with Crippen molar-refractivity contribution in [2.45, 2.75) is 26.3 Å². The Morgan fingerprint density at radius 1 is 0.882 bits per heavy atom. The van der Waals surface area contributed by atoms with Gasteiger partial charge in [0, 0.05) is 28.9 Å². The van der Waals surface area contributed by atoms with Crippen LogP contribution in [-0.4, -0.2) is 41.6 Å². The van der Waals surface area contributed by atoms with Crippen molar-refractivity contribution >= 4 is 29.2 Å². The molecule has 0 aliphatic carbocycles. The Morgan fingerprint density at radius 3 is 2.38 bits per heavy atom. The third-order valence-electron chi connectivity index (χ3n) is 5.81. The first-order chi connectivity index (χ1) is 16.4. The average molecular weight is 457 g/mol. The lowest BCUT2D eigenvalue weighted by Crippen LogP contribution is -2.29. The quantitative estimate of drug-likeness (QED) is 0.347. The van der Waals surface area contributed by atoms with Crippen molar-refractivity contribution in [2.24, 2.45) is 0 Å². The summed E-state index contributed by atoms with van der Waals surface area (Å²) in [6.07, 6.45) is 0. The zero-order valence-corrected chi connectivity index (χ0v) is 19.7. The second-order valence-corrected chi connectivity index (χ2v) is 8.38. The van der Waals surface area contributed by atoms with Gasteiger partial charge in [-0.1, -0.05) is 44.2 Å². The highest BCUT2D eigenvalue weighted by Gasteiger charge is 2.16. The van der Waals surface area contributed by atoms with Crippen molar-refractivity contribution in [3.05, 3.63) is 71.9 Å². The summed E-state index contributed by atoms with van der Waals surface area (Å²) >= 11 is 0. The standard InChI is InChI=1S/C26H28BN3O4/c1-16(2)25-23-13-18(17-6-5-7-20(12-17)27(31)32)9-11-22(23)26(30-29-25)28-15-19-8-10-21(33-3)14-24(19)34-4/h5-14,16,31-32H,15H2,1-4H3,(H,28,30). The van der Waals surface area contributed by atoms with Crippen molar-refractivity contribution in [3.8, 4) is 22.6 Å². The minimum absolute atomic E-state index is 0.187. The van der Waals surface area contributed by atoms with E-state index in [1.807, 2.05) is 42.5 Å². The third-order valence-corrected chi connectivity index (χ3v) is 5.81. The van der Waals surface area contributed by atoms with E-state index >= 15 is 0 Å². The van der Waals surface area contributed by atoms with Gasteiger partial charge in [-0.3, -0.25) is 0 Å². The maximum Gasteiger partial charge on any atom is 0.488 e. The molecule has 0 spiro atoms. The fraction of sp³-hybridized carbons (Fsp3) is 0.231. The maximum absolute atomic E-state index is 9.55. The predicted octanol–water partition coefficient (Wildman–Crippen LogP) is 3.73. The van der Waals surface area contributed by atoms with Crippen LogP contribution in [-0.2, 0) is 6.54 Å². The Hall–Kier alpha value is -3.62. The molecule has 8 heteroatoms. The molecule has 174 valence electrons. The molecule has 0 amide bonds. The minimum atomic E-state index is -1.51. The van der Waals surface area contributed by atoms with Crippen LogP contribution in [0.25, 0.3) is 21.9 Å². The van der Waals surface area contributed by atoms with Crippen molar-refractivity contribution in [2.75, 3.05) is 19.5 Å². The van der Waals surface area contributed by atoms with E-state index in [0.29, 0.717) is 17.8 Å². The van der Waals surface area contributed by atoms with Crippen LogP contribution in [0.1, 0.15) is 31.0 Å². The molecular formula is C26H28BN3O4. The van der Waals surface area contributed by atoms with Crippen molar-refractivity contribution < 1.29 is 19.5 Å². The SMILES string of the molecule is COc1ccc(CNc2nnc(C(C)C)c3cc(-c4cccc(B(O)O)c4)ccc23)c(OC)c1. The van der Waals surface area contributed by atoms with Gasteiger partial charge >= 0.3 is 7.12 Å². The highest BCUT2D eigenvalue weighted by atomic mass is 16.5. The van der Waals surface area contributed by atoms with E-state index in [-0.39, 0.29) is 5.92 Å². The molecule has 0 saturated carbocycles. The van der Waals surface area contributed by atoms with Crippen LogP contribution in [0.5, 0.6) is 11.5 Å². The zero-order chi connectivity index (χ0) is 24.2. The Balaban J connectivity index is 1.72. The summed E-state index contributed by atoms with van der Waals surface area (Å²) in [7, 11) is 1.75. The fourth-order valence-corrected chi connectivity index (χ4v) is 3.97.